The van der Waals surface area contributed by atoms with Crippen molar-refractivity contribution in [2.45, 2.75) is 38.5 Å². The lowest BCUT2D eigenvalue weighted by atomic mass is 9.91. The molecule has 3 rings (SSSR count). The van der Waals surface area contributed by atoms with Gasteiger partial charge in [0.15, 0.2) is 11.9 Å². The van der Waals surface area contributed by atoms with Crippen LogP contribution in [-0.2, 0) is 33.8 Å². The second-order valence-corrected chi connectivity index (χ2v) is 7.13. The molecule has 2 N–H and O–H groups in total. The summed E-state index contributed by atoms with van der Waals surface area (Å²) >= 11 is 0. The van der Waals surface area contributed by atoms with E-state index in [1.807, 2.05) is 30.3 Å². The molecule has 1 amide bonds. The SMILES string of the molecule is COC(=O)[C@H](O)C1CCN(Cc2nc(CC(=O)NCc3ccccc3)no2)CC1. The molecule has 1 fully saturated rings. The van der Waals surface area contributed by atoms with Crippen LogP contribution < -0.4 is 5.32 Å². The Morgan fingerprint density at radius 3 is 2.72 bits per heavy atom. The number of nitrogens with zero attached hydrogens (tertiary/aromatic N) is 3. The molecule has 0 radical (unpaired) electrons. The maximum absolute atomic E-state index is 12.1. The molecule has 1 aliphatic heterocycles. The zero-order valence-electron chi connectivity index (χ0n) is 16.4. The highest BCUT2D eigenvalue weighted by Gasteiger charge is 2.30. The number of hydrogen-bond acceptors (Lipinski definition) is 8. The van der Waals surface area contributed by atoms with Crippen molar-refractivity contribution < 1.29 is 24.0 Å². The van der Waals surface area contributed by atoms with E-state index in [4.69, 9.17) is 4.52 Å². The Bertz CT molecular complexity index is 802. The van der Waals surface area contributed by atoms with Gasteiger partial charge in [-0.15, -0.1) is 0 Å². The highest BCUT2D eigenvalue weighted by molar-refractivity contribution is 5.77. The first-order valence-corrected chi connectivity index (χ1v) is 9.65. The molecule has 0 spiro atoms. The number of aromatic nitrogens is 2. The van der Waals surface area contributed by atoms with Crippen LogP contribution in [0.4, 0.5) is 0 Å². The lowest BCUT2D eigenvalue weighted by Gasteiger charge is -2.32. The Hall–Kier alpha value is -2.78. The van der Waals surface area contributed by atoms with Crippen LogP contribution in [0.1, 0.15) is 30.1 Å². The first-order chi connectivity index (χ1) is 14.0. The van der Waals surface area contributed by atoms with E-state index in [1.54, 1.807) is 0 Å². The minimum absolute atomic E-state index is 0.0593. The molecule has 0 unspecified atom stereocenters. The fourth-order valence-electron chi connectivity index (χ4n) is 3.36. The summed E-state index contributed by atoms with van der Waals surface area (Å²) in [4.78, 5) is 29.9. The van der Waals surface area contributed by atoms with Crippen molar-refractivity contribution in [2.75, 3.05) is 20.2 Å². The Morgan fingerprint density at radius 2 is 2.03 bits per heavy atom. The largest absolute Gasteiger partial charge is 0.467 e. The highest BCUT2D eigenvalue weighted by atomic mass is 16.5. The Balaban J connectivity index is 1.41. The third-order valence-corrected chi connectivity index (χ3v) is 5.04. The number of rotatable bonds is 8. The van der Waals surface area contributed by atoms with Crippen LogP contribution in [-0.4, -0.2) is 58.3 Å². The molecular weight excluding hydrogens is 376 g/mol. The molecule has 156 valence electrons. The van der Waals surface area contributed by atoms with Crippen molar-refractivity contribution in [3.8, 4) is 0 Å². The van der Waals surface area contributed by atoms with Crippen molar-refractivity contribution in [1.29, 1.82) is 0 Å². The third kappa shape index (κ3) is 6.10. The smallest absolute Gasteiger partial charge is 0.334 e. The van der Waals surface area contributed by atoms with Crippen LogP contribution in [0.15, 0.2) is 34.9 Å². The number of hydrogen-bond donors (Lipinski definition) is 2. The zero-order chi connectivity index (χ0) is 20.6. The van der Waals surface area contributed by atoms with Gasteiger partial charge in [-0.2, -0.15) is 4.98 Å². The van der Waals surface area contributed by atoms with Crippen LogP contribution in [0, 0.1) is 5.92 Å². The number of benzene rings is 1. The fourth-order valence-corrected chi connectivity index (χ4v) is 3.36. The molecule has 1 aromatic heterocycles. The Kier molecular flexibility index (Phi) is 7.31. The van der Waals surface area contributed by atoms with Gasteiger partial charge >= 0.3 is 5.97 Å². The molecule has 9 heteroatoms. The molecule has 29 heavy (non-hydrogen) atoms. The van der Waals surface area contributed by atoms with Crippen molar-refractivity contribution >= 4 is 11.9 Å². The summed E-state index contributed by atoms with van der Waals surface area (Å²) in [5.41, 5.74) is 1.02. The monoisotopic (exact) mass is 402 g/mol. The van der Waals surface area contributed by atoms with Crippen molar-refractivity contribution in [2.24, 2.45) is 5.92 Å². The van der Waals surface area contributed by atoms with E-state index in [-0.39, 0.29) is 18.2 Å². The van der Waals surface area contributed by atoms with Crippen molar-refractivity contribution in [1.82, 2.24) is 20.4 Å². The highest BCUT2D eigenvalue weighted by Crippen LogP contribution is 2.22. The van der Waals surface area contributed by atoms with E-state index in [1.165, 1.54) is 7.11 Å². The minimum Gasteiger partial charge on any atom is -0.467 e. The van der Waals surface area contributed by atoms with Crippen LogP contribution in [0.5, 0.6) is 0 Å². The zero-order valence-corrected chi connectivity index (χ0v) is 16.4. The molecular formula is C20H26N4O5. The van der Waals surface area contributed by atoms with Crippen LogP contribution in [0.3, 0.4) is 0 Å². The summed E-state index contributed by atoms with van der Waals surface area (Å²) in [7, 11) is 1.27. The van der Waals surface area contributed by atoms with Crippen molar-refractivity contribution in [3.05, 3.63) is 47.6 Å². The lowest BCUT2D eigenvalue weighted by molar-refractivity contribution is -0.154. The fraction of sp³-hybridized carbons (Fsp3) is 0.500. The molecule has 1 aliphatic rings. The molecule has 0 bridgehead atoms. The number of aliphatic hydroxyl groups excluding tert-OH is 1. The number of esters is 1. The molecule has 2 aromatic rings. The van der Waals surface area contributed by atoms with Crippen LogP contribution >= 0.6 is 0 Å². The Labute approximate surface area is 169 Å². The van der Waals surface area contributed by atoms with Gasteiger partial charge in [0.25, 0.3) is 0 Å². The summed E-state index contributed by atoms with van der Waals surface area (Å²) in [6, 6.07) is 9.66. The average Bonchev–Trinajstić information content (AvgIpc) is 3.19. The third-order valence-electron chi connectivity index (χ3n) is 5.04. The van der Waals surface area contributed by atoms with Gasteiger partial charge in [-0.25, -0.2) is 4.79 Å². The first-order valence-electron chi connectivity index (χ1n) is 9.65. The molecule has 1 atom stereocenters. The normalized spacial score (nSPS) is 16.3. The number of carbonyl (C=O) groups is 2. The van der Waals surface area contributed by atoms with E-state index in [0.717, 1.165) is 5.56 Å². The summed E-state index contributed by atoms with van der Waals surface area (Å²) in [6.07, 6.45) is 0.341. The molecule has 9 nitrogen and oxygen atoms in total. The Morgan fingerprint density at radius 1 is 1.31 bits per heavy atom. The number of amides is 1. The molecule has 0 aliphatic carbocycles. The maximum atomic E-state index is 12.1. The second-order valence-electron chi connectivity index (χ2n) is 7.13. The van der Waals surface area contributed by atoms with E-state index in [0.29, 0.717) is 50.7 Å². The van der Waals surface area contributed by atoms with Crippen molar-refractivity contribution in [3.63, 3.8) is 0 Å². The number of nitrogens with one attached hydrogen (secondary N) is 1. The molecule has 0 saturated carbocycles. The molecule has 2 heterocycles. The second kappa shape index (κ2) is 10.1. The summed E-state index contributed by atoms with van der Waals surface area (Å²) in [5, 5.41) is 16.7. The summed E-state index contributed by atoms with van der Waals surface area (Å²) in [6.45, 7) is 2.33. The van der Waals surface area contributed by atoms with Gasteiger partial charge in [0.05, 0.1) is 20.1 Å². The predicted molar refractivity (Wildman–Crippen MR) is 102 cm³/mol. The van der Waals surface area contributed by atoms with Gasteiger partial charge in [0.2, 0.25) is 11.8 Å². The van der Waals surface area contributed by atoms with E-state index in [2.05, 4.69) is 25.1 Å². The standard InChI is InChI=1S/C20H26N4O5/c1-28-20(27)19(26)15-7-9-24(10-8-15)13-18-22-16(23-29-18)11-17(25)21-12-14-5-3-2-4-6-14/h2-6,15,19,26H,7-13H2,1H3,(H,21,25)/t19-/m1/s1. The minimum atomic E-state index is -1.08. The van der Waals surface area contributed by atoms with E-state index >= 15 is 0 Å². The maximum Gasteiger partial charge on any atom is 0.334 e. The predicted octanol–water partition coefficient (Wildman–Crippen LogP) is 0.674. The topological polar surface area (TPSA) is 118 Å². The number of methoxy groups -OCH3 is 1. The summed E-state index contributed by atoms with van der Waals surface area (Å²) < 4.78 is 9.85. The average molecular weight is 402 g/mol. The number of ether oxygens (including phenoxy) is 1. The van der Waals surface area contributed by atoms with E-state index < -0.39 is 12.1 Å². The molecule has 1 saturated heterocycles. The van der Waals surface area contributed by atoms with Gasteiger partial charge < -0.3 is 19.7 Å². The van der Waals surface area contributed by atoms with Gasteiger partial charge in [-0.1, -0.05) is 35.5 Å². The number of aliphatic hydroxyl groups is 1. The van der Waals surface area contributed by atoms with Gasteiger partial charge in [-0.3, -0.25) is 9.69 Å². The number of piperidine rings is 1. The number of carbonyl (C=O) groups excluding carboxylic acids is 2. The first kappa shape index (κ1) is 20.9. The lowest BCUT2D eigenvalue weighted by Crippen LogP contribution is -2.40. The van der Waals surface area contributed by atoms with E-state index in [9.17, 15) is 14.7 Å². The number of likely N-dealkylation sites (tertiary alicyclic amines) is 1. The quantitative estimate of drug-likeness (QED) is 0.619. The summed E-state index contributed by atoms with van der Waals surface area (Å²) in [5.74, 6) is -0.0657. The molecule has 1 aromatic carbocycles. The van der Waals surface area contributed by atoms with Gasteiger partial charge in [-0.05, 0) is 37.4 Å². The van der Waals surface area contributed by atoms with Gasteiger partial charge in [0, 0.05) is 6.54 Å². The van der Waals surface area contributed by atoms with Gasteiger partial charge in [0.1, 0.15) is 0 Å². The van der Waals surface area contributed by atoms with Crippen LogP contribution in [0.25, 0.3) is 0 Å². The van der Waals surface area contributed by atoms with Crippen LogP contribution in [0.2, 0.25) is 0 Å².